The minimum atomic E-state index is 0.147. The van der Waals surface area contributed by atoms with Crippen LogP contribution >= 0.6 is 11.6 Å². The summed E-state index contributed by atoms with van der Waals surface area (Å²) in [5, 5.41) is 0.337. The summed E-state index contributed by atoms with van der Waals surface area (Å²) in [6.07, 6.45) is 3.93. The molecule has 0 aromatic heterocycles. The van der Waals surface area contributed by atoms with Gasteiger partial charge in [0.2, 0.25) is 5.91 Å². The molecule has 0 spiro atoms. The number of hydrogen-bond donors (Lipinski definition) is 0. The normalized spacial score (nSPS) is 25.8. The molecular formula is C16H20ClNO. The van der Waals surface area contributed by atoms with E-state index >= 15 is 0 Å². The van der Waals surface area contributed by atoms with Crippen LogP contribution in [0.2, 0.25) is 0 Å². The zero-order valence-electron chi connectivity index (χ0n) is 11.3. The van der Waals surface area contributed by atoms with Crippen LogP contribution in [-0.2, 0) is 17.6 Å². The monoisotopic (exact) mass is 277 g/mol. The first-order valence-electron chi connectivity index (χ1n) is 7.09. The Morgan fingerprint density at radius 2 is 1.84 bits per heavy atom. The highest BCUT2D eigenvalue weighted by molar-refractivity contribution is 6.21. The zero-order chi connectivity index (χ0) is 13.4. The van der Waals surface area contributed by atoms with E-state index < -0.39 is 0 Å². The number of halogens is 1. The second-order valence-corrected chi connectivity index (χ2v) is 6.64. The summed E-state index contributed by atoms with van der Waals surface area (Å²) in [6.45, 7) is 0.870. The first-order chi connectivity index (χ1) is 9.13. The van der Waals surface area contributed by atoms with Crippen LogP contribution in [0.3, 0.4) is 0 Å². The second kappa shape index (κ2) is 5.16. The molecule has 0 heterocycles. The fourth-order valence-electron chi connectivity index (χ4n) is 3.33. The van der Waals surface area contributed by atoms with Gasteiger partial charge in [0.25, 0.3) is 0 Å². The van der Waals surface area contributed by atoms with Crippen LogP contribution < -0.4 is 0 Å². The summed E-state index contributed by atoms with van der Waals surface area (Å²) in [4.78, 5) is 14.4. The third-order valence-electron chi connectivity index (χ3n) is 4.49. The number of benzene rings is 1. The van der Waals surface area contributed by atoms with E-state index in [1.54, 1.807) is 0 Å². The lowest BCUT2D eigenvalue weighted by molar-refractivity contribution is -0.134. The summed E-state index contributed by atoms with van der Waals surface area (Å²) in [6, 6.07) is 8.41. The van der Waals surface area contributed by atoms with Crippen LogP contribution in [-0.4, -0.2) is 29.8 Å². The minimum absolute atomic E-state index is 0.147. The van der Waals surface area contributed by atoms with Gasteiger partial charge in [0.1, 0.15) is 0 Å². The third kappa shape index (κ3) is 2.64. The maximum absolute atomic E-state index is 12.5. The molecule has 1 aromatic carbocycles. The molecule has 102 valence electrons. The Labute approximate surface area is 119 Å². The lowest BCUT2D eigenvalue weighted by Gasteiger charge is -2.34. The van der Waals surface area contributed by atoms with E-state index in [9.17, 15) is 4.79 Å². The molecule has 0 N–H and O–H groups in total. The quantitative estimate of drug-likeness (QED) is 0.778. The van der Waals surface area contributed by atoms with Crippen molar-refractivity contribution >= 4 is 17.5 Å². The highest BCUT2D eigenvalue weighted by atomic mass is 35.5. The number of carbonyl (C=O) groups excluding carboxylic acids is 1. The van der Waals surface area contributed by atoms with Gasteiger partial charge in [-0.05, 0) is 42.7 Å². The van der Waals surface area contributed by atoms with Crippen LogP contribution in [0, 0.1) is 11.8 Å². The molecule has 2 nitrogen and oxygen atoms in total. The lowest BCUT2D eigenvalue weighted by Crippen LogP contribution is -2.40. The van der Waals surface area contributed by atoms with Gasteiger partial charge in [0.15, 0.2) is 0 Å². The smallest absolute Gasteiger partial charge is 0.226 e. The van der Waals surface area contributed by atoms with Crippen molar-refractivity contribution in [3.63, 3.8) is 0 Å². The van der Waals surface area contributed by atoms with Gasteiger partial charge in [-0.25, -0.2) is 0 Å². The molecule has 3 rings (SSSR count). The number of carbonyl (C=O) groups is 1. The zero-order valence-corrected chi connectivity index (χ0v) is 12.1. The van der Waals surface area contributed by atoms with Crippen LogP contribution in [0.4, 0.5) is 0 Å². The van der Waals surface area contributed by atoms with Crippen molar-refractivity contribution in [1.82, 2.24) is 4.90 Å². The van der Waals surface area contributed by atoms with E-state index in [2.05, 4.69) is 24.3 Å². The highest BCUT2D eigenvalue weighted by Gasteiger charge is 2.33. The van der Waals surface area contributed by atoms with Gasteiger partial charge in [0, 0.05) is 24.9 Å². The Morgan fingerprint density at radius 3 is 2.37 bits per heavy atom. The van der Waals surface area contributed by atoms with Crippen molar-refractivity contribution in [2.45, 2.75) is 31.1 Å². The van der Waals surface area contributed by atoms with E-state index in [1.165, 1.54) is 11.1 Å². The molecule has 2 aliphatic carbocycles. The van der Waals surface area contributed by atoms with Crippen molar-refractivity contribution < 1.29 is 4.79 Å². The number of amides is 1. The fraction of sp³-hybridized carbons (Fsp3) is 0.562. The first-order valence-corrected chi connectivity index (χ1v) is 7.53. The molecule has 0 aliphatic heterocycles. The van der Waals surface area contributed by atoms with Crippen LogP contribution in [0.1, 0.15) is 24.0 Å². The maximum Gasteiger partial charge on any atom is 0.226 e. The number of rotatable bonds is 3. The molecule has 1 fully saturated rings. The Balaban J connectivity index is 1.57. The number of hydrogen-bond acceptors (Lipinski definition) is 1. The largest absolute Gasteiger partial charge is 0.345 e. The van der Waals surface area contributed by atoms with Crippen molar-refractivity contribution in [3.8, 4) is 0 Å². The van der Waals surface area contributed by atoms with Crippen molar-refractivity contribution in [1.29, 1.82) is 0 Å². The lowest BCUT2D eigenvalue weighted by atomic mass is 9.84. The average molecular weight is 278 g/mol. The van der Waals surface area contributed by atoms with Crippen LogP contribution in [0.5, 0.6) is 0 Å². The molecule has 0 radical (unpaired) electrons. The van der Waals surface area contributed by atoms with Gasteiger partial charge in [-0.1, -0.05) is 24.3 Å². The first kappa shape index (κ1) is 13.0. The van der Waals surface area contributed by atoms with E-state index in [0.717, 1.165) is 32.2 Å². The summed E-state index contributed by atoms with van der Waals surface area (Å²) < 4.78 is 0. The predicted molar refractivity (Wildman–Crippen MR) is 77.3 cm³/mol. The molecule has 0 bridgehead atoms. The van der Waals surface area contributed by atoms with E-state index in [0.29, 0.717) is 17.2 Å². The number of alkyl halides is 1. The van der Waals surface area contributed by atoms with Crippen LogP contribution in [0.25, 0.3) is 0 Å². The number of fused-ring (bicyclic) bond motifs is 1. The van der Waals surface area contributed by atoms with Crippen molar-refractivity contribution in [3.05, 3.63) is 35.4 Å². The molecule has 0 unspecified atom stereocenters. The van der Waals surface area contributed by atoms with Crippen molar-refractivity contribution in [2.75, 3.05) is 13.6 Å². The topological polar surface area (TPSA) is 20.3 Å². The minimum Gasteiger partial charge on any atom is -0.345 e. The fourth-order valence-corrected chi connectivity index (χ4v) is 3.83. The Bertz CT molecular complexity index is 456. The Hall–Kier alpha value is -1.02. The average Bonchev–Trinajstić information content (AvgIpc) is 2.79. The predicted octanol–water partition coefficient (Wildman–Crippen LogP) is 2.88. The standard InChI is InChI=1S/C16H20ClNO/c1-18(10-11-6-15(17)7-11)16(19)14-8-12-4-2-3-5-13(12)9-14/h2-5,11,14-15H,6-10H2,1H3. The van der Waals surface area contributed by atoms with Gasteiger partial charge in [0.05, 0.1) is 0 Å². The molecule has 1 amide bonds. The highest BCUT2D eigenvalue weighted by Crippen LogP contribution is 2.33. The van der Waals surface area contributed by atoms with E-state index in [1.807, 2.05) is 11.9 Å². The van der Waals surface area contributed by atoms with Crippen molar-refractivity contribution in [2.24, 2.45) is 11.8 Å². The molecule has 0 saturated heterocycles. The van der Waals surface area contributed by atoms with Gasteiger partial charge >= 0.3 is 0 Å². The molecule has 19 heavy (non-hydrogen) atoms. The van der Waals surface area contributed by atoms with Gasteiger partial charge < -0.3 is 4.90 Å². The van der Waals surface area contributed by atoms with Gasteiger partial charge in [-0.2, -0.15) is 0 Å². The van der Waals surface area contributed by atoms with Crippen LogP contribution in [0.15, 0.2) is 24.3 Å². The molecule has 2 aliphatic rings. The Morgan fingerprint density at radius 1 is 1.26 bits per heavy atom. The molecule has 1 saturated carbocycles. The van der Waals surface area contributed by atoms with Gasteiger partial charge in [-0.15, -0.1) is 11.6 Å². The SMILES string of the molecule is CN(CC1CC(Cl)C1)C(=O)C1Cc2ccccc2C1. The molecular weight excluding hydrogens is 258 g/mol. The molecule has 1 aromatic rings. The Kier molecular flexibility index (Phi) is 3.53. The number of nitrogens with zero attached hydrogens (tertiary/aromatic N) is 1. The molecule has 0 atom stereocenters. The van der Waals surface area contributed by atoms with E-state index in [-0.39, 0.29) is 5.92 Å². The maximum atomic E-state index is 12.5. The summed E-state index contributed by atoms with van der Waals surface area (Å²) in [7, 11) is 1.94. The summed E-state index contributed by atoms with van der Waals surface area (Å²) in [5.41, 5.74) is 2.69. The van der Waals surface area contributed by atoms with Gasteiger partial charge in [-0.3, -0.25) is 4.79 Å². The summed E-state index contributed by atoms with van der Waals surface area (Å²) >= 11 is 5.99. The third-order valence-corrected chi connectivity index (χ3v) is 4.84. The second-order valence-electron chi connectivity index (χ2n) is 6.03. The molecule has 3 heteroatoms. The summed E-state index contributed by atoms with van der Waals surface area (Å²) in [5.74, 6) is 1.06. The van der Waals surface area contributed by atoms with E-state index in [4.69, 9.17) is 11.6 Å².